The Morgan fingerprint density at radius 3 is 2.88 bits per heavy atom. The number of nitrogens with one attached hydrogen (secondary N) is 1. The Balaban J connectivity index is 2.61. The van der Waals surface area contributed by atoms with Gasteiger partial charge in [-0.3, -0.25) is 0 Å². The molecule has 2 atom stereocenters. The summed E-state index contributed by atoms with van der Waals surface area (Å²) in [5.74, 6) is 0.994. The lowest BCUT2D eigenvalue weighted by atomic mass is 9.99. The van der Waals surface area contributed by atoms with Gasteiger partial charge in [0.05, 0.1) is 5.69 Å². The van der Waals surface area contributed by atoms with Crippen molar-refractivity contribution in [2.24, 2.45) is 0 Å². The molecule has 1 N–H and O–H groups in total. The van der Waals surface area contributed by atoms with Crippen molar-refractivity contribution in [3.05, 3.63) is 28.1 Å². The van der Waals surface area contributed by atoms with E-state index < -0.39 is 0 Å². The van der Waals surface area contributed by atoms with E-state index in [4.69, 9.17) is 0 Å². The van der Waals surface area contributed by atoms with Crippen LogP contribution in [0.2, 0.25) is 0 Å². The Hall–Kier alpha value is -1.17. The van der Waals surface area contributed by atoms with Crippen molar-refractivity contribution >= 4 is 21.6 Å². The number of rotatable bonds is 3. The largest absolute Gasteiger partial charge is 0.349 e. The van der Waals surface area contributed by atoms with Crippen molar-refractivity contribution in [1.29, 1.82) is 0 Å². The van der Waals surface area contributed by atoms with Crippen LogP contribution in [-0.2, 0) is 0 Å². The van der Waals surface area contributed by atoms with Gasteiger partial charge in [-0.05, 0) is 13.3 Å². The third-order valence-corrected chi connectivity index (χ3v) is 3.60. The van der Waals surface area contributed by atoms with Gasteiger partial charge in [0, 0.05) is 16.8 Å². The minimum absolute atomic E-state index is 0.239. The predicted molar refractivity (Wildman–Crippen MR) is 69.8 cm³/mol. The summed E-state index contributed by atoms with van der Waals surface area (Å²) < 4.78 is 1.48. The molecule has 0 saturated carbocycles. The maximum absolute atomic E-state index is 11.5. The van der Waals surface area contributed by atoms with E-state index in [2.05, 4.69) is 45.0 Å². The first kappa shape index (κ1) is 12.3. The fraction of sp³-hybridized carbons (Fsp3) is 0.545. The standard InChI is InChI=1S/C11H15BrN4O/c1-4-8(6(2)12)9-5-10-14-15-11(17)16(10)7(3)13-9/h5-6,8H,4H2,1-3H3,(H,15,17). The molecule has 0 spiro atoms. The number of fused-ring (bicyclic) bond motifs is 1. The molecular weight excluding hydrogens is 284 g/mol. The highest BCUT2D eigenvalue weighted by Crippen LogP contribution is 2.27. The van der Waals surface area contributed by atoms with E-state index in [1.54, 1.807) is 0 Å². The molecule has 17 heavy (non-hydrogen) atoms. The Morgan fingerprint density at radius 1 is 1.59 bits per heavy atom. The van der Waals surface area contributed by atoms with Crippen LogP contribution in [0.25, 0.3) is 5.65 Å². The summed E-state index contributed by atoms with van der Waals surface area (Å²) in [4.78, 5) is 16.3. The molecule has 0 bridgehead atoms. The first-order valence-corrected chi connectivity index (χ1v) is 6.55. The van der Waals surface area contributed by atoms with E-state index in [-0.39, 0.29) is 5.69 Å². The third-order valence-electron chi connectivity index (χ3n) is 2.96. The zero-order valence-electron chi connectivity index (χ0n) is 10.1. The number of nitrogens with zero attached hydrogens (tertiary/aromatic N) is 3. The van der Waals surface area contributed by atoms with Crippen molar-refractivity contribution in [3.63, 3.8) is 0 Å². The monoisotopic (exact) mass is 298 g/mol. The van der Waals surface area contributed by atoms with Crippen LogP contribution in [0.4, 0.5) is 0 Å². The van der Waals surface area contributed by atoms with Crippen LogP contribution in [0, 0.1) is 6.92 Å². The third kappa shape index (κ3) is 2.13. The van der Waals surface area contributed by atoms with Gasteiger partial charge < -0.3 is 0 Å². The van der Waals surface area contributed by atoms with E-state index >= 15 is 0 Å². The van der Waals surface area contributed by atoms with Crippen LogP contribution in [0.1, 0.15) is 37.7 Å². The normalized spacial score (nSPS) is 15.1. The maximum Gasteiger partial charge on any atom is 0.349 e. The summed E-state index contributed by atoms with van der Waals surface area (Å²) in [6.07, 6.45) is 0.990. The average molecular weight is 299 g/mol. The number of aromatic amines is 1. The molecule has 0 fully saturated rings. The number of hydrogen-bond donors (Lipinski definition) is 1. The molecule has 0 aliphatic carbocycles. The van der Waals surface area contributed by atoms with Crippen LogP contribution in [0.5, 0.6) is 0 Å². The van der Waals surface area contributed by atoms with Crippen LogP contribution in [0.3, 0.4) is 0 Å². The maximum atomic E-state index is 11.5. The van der Waals surface area contributed by atoms with Crippen LogP contribution in [-0.4, -0.2) is 24.4 Å². The summed E-state index contributed by atoms with van der Waals surface area (Å²) >= 11 is 3.59. The van der Waals surface area contributed by atoms with Crippen LogP contribution < -0.4 is 5.69 Å². The Morgan fingerprint density at radius 2 is 2.29 bits per heavy atom. The van der Waals surface area contributed by atoms with Gasteiger partial charge in [0.25, 0.3) is 0 Å². The summed E-state index contributed by atoms with van der Waals surface area (Å²) in [5.41, 5.74) is 1.36. The molecular formula is C11H15BrN4O. The molecule has 0 aliphatic rings. The number of aromatic nitrogens is 4. The molecule has 0 aromatic carbocycles. The Kier molecular flexibility index (Phi) is 3.33. The summed E-state index contributed by atoms with van der Waals surface area (Å²) in [6.45, 7) is 6.05. The van der Waals surface area contributed by atoms with Crippen molar-refractivity contribution < 1.29 is 0 Å². The highest BCUT2D eigenvalue weighted by molar-refractivity contribution is 9.09. The molecule has 0 saturated heterocycles. The second kappa shape index (κ2) is 4.60. The zero-order chi connectivity index (χ0) is 12.6. The fourth-order valence-electron chi connectivity index (χ4n) is 2.08. The van der Waals surface area contributed by atoms with Crippen LogP contribution in [0.15, 0.2) is 10.9 Å². The molecule has 2 heterocycles. The number of aryl methyl sites for hydroxylation is 1. The summed E-state index contributed by atoms with van der Waals surface area (Å²) in [5, 5.41) is 6.42. The molecule has 2 aromatic rings. The molecule has 0 aliphatic heterocycles. The summed E-state index contributed by atoms with van der Waals surface area (Å²) in [7, 11) is 0. The van der Waals surface area contributed by atoms with Gasteiger partial charge in [-0.25, -0.2) is 19.3 Å². The van der Waals surface area contributed by atoms with Gasteiger partial charge in [-0.15, -0.1) is 0 Å². The number of H-pyrrole nitrogens is 1. The van der Waals surface area contributed by atoms with Crippen molar-refractivity contribution in [1.82, 2.24) is 19.6 Å². The van der Waals surface area contributed by atoms with Gasteiger partial charge in [0.2, 0.25) is 0 Å². The Bertz CT molecular complexity index is 587. The van der Waals surface area contributed by atoms with Gasteiger partial charge in [-0.2, -0.15) is 5.10 Å². The van der Waals surface area contributed by atoms with E-state index in [0.29, 0.717) is 22.2 Å². The predicted octanol–water partition coefficient (Wildman–Crippen LogP) is 2.00. The highest BCUT2D eigenvalue weighted by Gasteiger charge is 2.18. The number of hydrogen-bond acceptors (Lipinski definition) is 3. The molecule has 0 radical (unpaired) electrons. The second-order valence-corrected chi connectivity index (χ2v) is 5.59. The van der Waals surface area contributed by atoms with Gasteiger partial charge >= 0.3 is 5.69 Å². The smallest absolute Gasteiger partial charge is 0.246 e. The topological polar surface area (TPSA) is 63.0 Å². The first-order chi connectivity index (χ1) is 8.04. The van der Waals surface area contributed by atoms with E-state index in [0.717, 1.165) is 12.1 Å². The van der Waals surface area contributed by atoms with Crippen molar-refractivity contribution in [2.45, 2.75) is 37.9 Å². The van der Waals surface area contributed by atoms with Crippen molar-refractivity contribution in [3.8, 4) is 0 Å². The molecule has 5 nitrogen and oxygen atoms in total. The minimum atomic E-state index is -0.239. The van der Waals surface area contributed by atoms with Gasteiger partial charge in [0.15, 0.2) is 5.65 Å². The number of halogens is 1. The Labute approximate surface area is 107 Å². The lowest BCUT2D eigenvalue weighted by Gasteiger charge is -2.17. The molecule has 92 valence electrons. The molecule has 2 unspecified atom stereocenters. The van der Waals surface area contributed by atoms with Gasteiger partial charge in [0.1, 0.15) is 5.82 Å². The highest BCUT2D eigenvalue weighted by atomic mass is 79.9. The average Bonchev–Trinajstić information content (AvgIpc) is 2.61. The van der Waals surface area contributed by atoms with Gasteiger partial charge in [-0.1, -0.05) is 29.8 Å². The van der Waals surface area contributed by atoms with E-state index in [9.17, 15) is 4.79 Å². The van der Waals surface area contributed by atoms with Crippen molar-refractivity contribution in [2.75, 3.05) is 0 Å². The molecule has 0 amide bonds. The van der Waals surface area contributed by atoms with Crippen LogP contribution >= 0.6 is 15.9 Å². The SMILES string of the molecule is CCC(c1cc2n[nH]c(=O)n2c(C)n1)C(C)Br. The second-order valence-electron chi connectivity index (χ2n) is 4.14. The quantitative estimate of drug-likeness (QED) is 0.882. The molecule has 2 aromatic heterocycles. The minimum Gasteiger partial charge on any atom is -0.246 e. The zero-order valence-corrected chi connectivity index (χ0v) is 11.7. The summed E-state index contributed by atoms with van der Waals surface area (Å²) in [6, 6.07) is 1.87. The first-order valence-electron chi connectivity index (χ1n) is 5.63. The lowest BCUT2D eigenvalue weighted by molar-refractivity contribution is 0.637. The van der Waals surface area contributed by atoms with E-state index in [1.807, 2.05) is 13.0 Å². The lowest BCUT2D eigenvalue weighted by Crippen LogP contribution is -2.16. The fourth-order valence-corrected chi connectivity index (χ4v) is 2.72. The van der Waals surface area contributed by atoms with E-state index in [1.165, 1.54) is 4.40 Å². The molecule has 2 rings (SSSR count). The number of alkyl halides is 1. The molecule has 6 heteroatoms.